The number of benzene rings is 3. The Morgan fingerprint density at radius 2 is 1.74 bits per heavy atom. The van der Waals surface area contributed by atoms with Crippen LogP contribution in [0.4, 0.5) is 0 Å². The maximum atomic E-state index is 13.0. The van der Waals surface area contributed by atoms with Gasteiger partial charge in [0.05, 0.1) is 18.3 Å². The number of methoxy groups -OCH3 is 1. The summed E-state index contributed by atoms with van der Waals surface area (Å²) in [4.78, 5) is 37.2. The van der Waals surface area contributed by atoms with Crippen LogP contribution in [0.3, 0.4) is 0 Å². The van der Waals surface area contributed by atoms with Crippen molar-refractivity contribution in [1.29, 1.82) is 0 Å². The smallest absolute Gasteiger partial charge is 0.343 e. The highest BCUT2D eigenvalue weighted by Gasteiger charge is 2.25. The van der Waals surface area contributed by atoms with Gasteiger partial charge in [-0.3, -0.25) is 9.59 Å². The Balaban J connectivity index is 1.66. The molecule has 0 unspecified atom stereocenters. The SMILES string of the molecule is COC(=O)COc1cccc(/C=N\NC(=O)[C@@H](Cc2ccccc2)NC(=O)[C@H](C)Oc2ccc(Cl)cc2Cl)c1. The van der Waals surface area contributed by atoms with Crippen molar-refractivity contribution in [1.82, 2.24) is 10.7 Å². The summed E-state index contributed by atoms with van der Waals surface area (Å²) in [6, 6.07) is 19.7. The van der Waals surface area contributed by atoms with Gasteiger partial charge in [0, 0.05) is 11.4 Å². The minimum atomic E-state index is -0.953. The molecule has 0 aliphatic rings. The van der Waals surface area contributed by atoms with E-state index in [0.29, 0.717) is 16.3 Å². The van der Waals surface area contributed by atoms with Crippen molar-refractivity contribution in [2.45, 2.75) is 25.5 Å². The van der Waals surface area contributed by atoms with E-state index in [-0.39, 0.29) is 23.8 Å². The number of carbonyl (C=O) groups excluding carboxylic acids is 3. The molecule has 2 atom stereocenters. The average molecular weight is 572 g/mol. The van der Waals surface area contributed by atoms with Gasteiger partial charge in [0.15, 0.2) is 12.7 Å². The van der Waals surface area contributed by atoms with Crippen molar-refractivity contribution in [3.05, 3.63) is 94.0 Å². The molecular weight excluding hydrogens is 545 g/mol. The summed E-state index contributed by atoms with van der Waals surface area (Å²) in [7, 11) is 1.27. The van der Waals surface area contributed by atoms with Gasteiger partial charge >= 0.3 is 5.97 Å². The molecule has 204 valence electrons. The minimum Gasteiger partial charge on any atom is -0.482 e. The average Bonchev–Trinajstić information content (AvgIpc) is 2.93. The van der Waals surface area contributed by atoms with Gasteiger partial charge in [-0.1, -0.05) is 65.7 Å². The number of hydrazone groups is 1. The van der Waals surface area contributed by atoms with E-state index in [1.807, 2.05) is 30.3 Å². The quantitative estimate of drug-likeness (QED) is 0.191. The van der Waals surface area contributed by atoms with Crippen LogP contribution in [0.2, 0.25) is 10.0 Å². The molecular formula is C28H27Cl2N3O6. The fourth-order valence-corrected chi connectivity index (χ4v) is 3.75. The van der Waals surface area contributed by atoms with E-state index >= 15 is 0 Å². The normalized spacial score (nSPS) is 12.3. The fourth-order valence-electron chi connectivity index (χ4n) is 3.30. The van der Waals surface area contributed by atoms with E-state index in [4.69, 9.17) is 32.7 Å². The van der Waals surface area contributed by atoms with Crippen molar-refractivity contribution in [2.75, 3.05) is 13.7 Å². The van der Waals surface area contributed by atoms with E-state index in [9.17, 15) is 14.4 Å². The highest BCUT2D eigenvalue weighted by atomic mass is 35.5. The van der Waals surface area contributed by atoms with Crippen LogP contribution in [-0.4, -0.2) is 49.9 Å². The van der Waals surface area contributed by atoms with Crippen LogP contribution in [0.5, 0.6) is 11.5 Å². The first kappa shape index (κ1) is 29.5. The van der Waals surface area contributed by atoms with Gasteiger partial charge in [0.2, 0.25) is 0 Å². The van der Waals surface area contributed by atoms with Crippen LogP contribution in [-0.2, 0) is 25.5 Å². The molecule has 0 aromatic heterocycles. The van der Waals surface area contributed by atoms with Crippen LogP contribution < -0.4 is 20.2 Å². The number of halogens is 2. The van der Waals surface area contributed by atoms with Crippen molar-refractivity contribution >= 4 is 47.2 Å². The van der Waals surface area contributed by atoms with E-state index in [0.717, 1.165) is 5.56 Å². The van der Waals surface area contributed by atoms with E-state index in [2.05, 4.69) is 20.6 Å². The summed E-state index contributed by atoms with van der Waals surface area (Å²) in [6.07, 6.45) is 0.684. The van der Waals surface area contributed by atoms with Gasteiger partial charge in [0.1, 0.15) is 17.5 Å². The van der Waals surface area contributed by atoms with Crippen molar-refractivity contribution in [3.8, 4) is 11.5 Å². The molecule has 3 rings (SSSR count). The predicted molar refractivity (Wildman–Crippen MR) is 148 cm³/mol. The number of nitrogens with zero attached hydrogens (tertiary/aromatic N) is 1. The number of carbonyl (C=O) groups is 3. The third-order valence-electron chi connectivity index (χ3n) is 5.31. The molecule has 11 heteroatoms. The number of hydrogen-bond donors (Lipinski definition) is 2. The van der Waals surface area contributed by atoms with E-state index < -0.39 is 29.9 Å². The lowest BCUT2D eigenvalue weighted by Gasteiger charge is -2.21. The molecule has 2 N–H and O–H groups in total. The second-order valence-corrected chi connectivity index (χ2v) is 9.10. The molecule has 3 aromatic rings. The summed E-state index contributed by atoms with van der Waals surface area (Å²) >= 11 is 12.1. The largest absolute Gasteiger partial charge is 0.482 e. The second kappa shape index (κ2) is 14.8. The highest BCUT2D eigenvalue weighted by molar-refractivity contribution is 6.35. The molecule has 0 saturated heterocycles. The first-order valence-electron chi connectivity index (χ1n) is 11.8. The Morgan fingerprint density at radius 1 is 0.974 bits per heavy atom. The van der Waals surface area contributed by atoms with Gasteiger partial charge in [-0.25, -0.2) is 10.2 Å². The number of hydrogen-bond acceptors (Lipinski definition) is 7. The van der Waals surface area contributed by atoms with Crippen molar-refractivity contribution in [3.63, 3.8) is 0 Å². The highest BCUT2D eigenvalue weighted by Crippen LogP contribution is 2.28. The molecule has 0 bridgehead atoms. The summed E-state index contributed by atoms with van der Waals surface area (Å²) in [5.41, 5.74) is 3.92. The molecule has 0 spiro atoms. The first-order valence-corrected chi connectivity index (χ1v) is 12.6. The Hall–Kier alpha value is -4.08. The van der Waals surface area contributed by atoms with Gasteiger partial charge in [-0.05, 0) is 48.4 Å². The molecule has 0 radical (unpaired) electrons. The molecule has 3 aromatic carbocycles. The molecule has 0 saturated carbocycles. The van der Waals surface area contributed by atoms with Crippen LogP contribution in [0.25, 0.3) is 0 Å². The van der Waals surface area contributed by atoms with Crippen LogP contribution in [0.1, 0.15) is 18.1 Å². The third kappa shape index (κ3) is 9.63. The zero-order valence-electron chi connectivity index (χ0n) is 21.2. The maximum Gasteiger partial charge on any atom is 0.343 e. The Bertz CT molecular complexity index is 1320. The molecule has 0 heterocycles. The zero-order chi connectivity index (χ0) is 28.2. The third-order valence-corrected chi connectivity index (χ3v) is 5.84. The van der Waals surface area contributed by atoms with Crippen molar-refractivity contribution < 1.29 is 28.6 Å². The Morgan fingerprint density at radius 3 is 2.46 bits per heavy atom. The first-order chi connectivity index (χ1) is 18.7. The number of rotatable bonds is 12. The molecule has 0 aliphatic heterocycles. The maximum absolute atomic E-state index is 13.0. The number of ether oxygens (including phenoxy) is 3. The van der Waals surface area contributed by atoms with Gasteiger partial charge in [-0.15, -0.1) is 0 Å². The molecule has 2 amide bonds. The number of amides is 2. The van der Waals surface area contributed by atoms with Crippen LogP contribution in [0.15, 0.2) is 77.9 Å². The zero-order valence-corrected chi connectivity index (χ0v) is 22.7. The van der Waals surface area contributed by atoms with Gasteiger partial charge in [0.25, 0.3) is 11.8 Å². The monoisotopic (exact) mass is 571 g/mol. The fraction of sp³-hybridized carbons (Fsp3) is 0.214. The lowest BCUT2D eigenvalue weighted by atomic mass is 10.1. The summed E-state index contributed by atoms with van der Waals surface area (Å²) in [5, 5.41) is 7.43. The number of esters is 1. The summed E-state index contributed by atoms with van der Waals surface area (Å²) < 4.78 is 15.6. The van der Waals surface area contributed by atoms with E-state index in [1.54, 1.807) is 43.3 Å². The Kier molecular flexibility index (Phi) is 11.1. The molecule has 9 nitrogen and oxygen atoms in total. The lowest BCUT2D eigenvalue weighted by molar-refractivity contribution is -0.142. The lowest BCUT2D eigenvalue weighted by Crippen LogP contribution is -2.50. The summed E-state index contributed by atoms with van der Waals surface area (Å²) in [5.74, 6) is -0.839. The second-order valence-electron chi connectivity index (χ2n) is 8.26. The predicted octanol–water partition coefficient (Wildman–Crippen LogP) is 4.19. The molecule has 0 fully saturated rings. The van der Waals surface area contributed by atoms with Gasteiger partial charge in [-0.2, -0.15) is 5.10 Å². The topological polar surface area (TPSA) is 115 Å². The van der Waals surface area contributed by atoms with Crippen LogP contribution >= 0.6 is 23.2 Å². The summed E-state index contributed by atoms with van der Waals surface area (Å²) in [6.45, 7) is 1.31. The molecule has 0 aliphatic carbocycles. The van der Waals surface area contributed by atoms with E-state index in [1.165, 1.54) is 19.4 Å². The number of nitrogens with one attached hydrogen (secondary N) is 2. The van der Waals surface area contributed by atoms with Crippen molar-refractivity contribution in [2.24, 2.45) is 5.10 Å². The van der Waals surface area contributed by atoms with Crippen LogP contribution in [0, 0.1) is 0 Å². The Labute approximate surface area is 236 Å². The molecule has 39 heavy (non-hydrogen) atoms. The van der Waals surface area contributed by atoms with Gasteiger partial charge < -0.3 is 19.5 Å². The minimum absolute atomic E-state index is 0.221. The standard InChI is InChI=1S/C28H27Cl2N3O6/c1-18(39-25-12-11-21(29)15-23(25)30)27(35)32-24(14-19-7-4-3-5-8-19)28(36)33-31-16-20-9-6-10-22(13-20)38-17-26(34)37-2/h3-13,15-16,18,24H,14,17H2,1-2H3,(H,32,35)(H,33,36)/b31-16-/t18-,24+/m0/s1.